The van der Waals surface area contributed by atoms with Crippen molar-refractivity contribution in [2.45, 2.75) is 57.5 Å². The molecule has 0 radical (unpaired) electrons. The zero-order valence-corrected chi connectivity index (χ0v) is 19.4. The summed E-state index contributed by atoms with van der Waals surface area (Å²) >= 11 is 0. The average molecular weight is 499 g/mol. The van der Waals surface area contributed by atoms with Crippen LogP contribution in [0.5, 0.6) is 0 Å². The normalized spacial score (nSPS) is 17.6. The molecule has 3 rings (SSSR count). The van der Waals surface area contributed by atoms with Gasteiger partial charge in [0.2, 0.25) is 5.91 Å². The van der Waals surface area contributed by atoms with Gasteiger partial charge in [0.15, 0.2) is 5.96 Å². The number of aliphatic imine (C=N–C) groups is 1. The molecule has 3 N–H and O–H groups in total. The van der Waals surface area contributed by atoms with Crippen molar-refractivity contribution in [1.29, 1.82) is 0 Å². The lowest BCUT2D eigenvalue weighted by molar-refractivity contribution is -0.121. The van der Waals surface area contributed by atoms with Crippen molar-refractivity contribution < 1.29 is 4.79 Å². The lowest BCUT2D eigenvalue weighted by atomic mass is 10.1. The summed E-state index contributed by atoms with van der Waals surface area (Å²) < 4.78 is 0. The van der Waals surface area contributed by atoms with Gasteiger partial charge in [-0.25, -0.2) is 0 Å². The maximum Gasteiger partial charge on any atom is 0.220 e. The molecule has 1 amide bonds. The smallest absolute Gasteiger partial charge is 0.220 e. The zero-order chi connectivity index (χ0) is 19.1. The highest BCUT2D eigenvalue weighted by molar-refractivity contribution is 14.0. The largest absolute Gasteiger partial charge is 0.372 e. The molecule has 2 fully saturated rings. The van der Waals surface area contributed by atoms with Crippen molar-refractivity contribution in [2.75, 3.05) is 31.6 Å². The van der Waals surface area contributed by atoms with Gasteiger partial charge in [-0.15, -0.1) is 24.0 Å². The average Bonchev–Trinajstić information content (AvgIpc) is 3.32. The molecule has 2 aliphatic rings. The van der Waals surface area contributed by atoms with Gasteiger partial charge in [0.05, 0.1) is 6.04 Å². The fraction of sp³-hybridized carbons (Fsp3) is 0.619. The number of guanidine groups is 1. The van der Waals surface area contributed by atoms with Crippen LogP contribution in [0.3, 0.4) is 0 Å². The van der Waals surface area contributed by atoms with Crippen LogP contribution in [0.4, 0.5) is 5.69 Å². The van der Waals surface area contributed by atoms with Gasteiger partial charge in [0.1, 0.15) is 0 Å². The van der Waals surface area contributed by atoms with E-state index in [1.165, 1.54) is 24.1 Å². The topological polar surface area (TPSA) is 68.8 Å². The Balaban J connectivity index is 0.00000280. The van der Waals surface area contributed by atoms with Crippen LogP contribution in [0.15, 0.2) is 29.3 Å². The molecule has 1 aromatic carbocycles. The predicted molar refractivity (Wildman–Crippen MR) is 127 cm³/mol. The maximum atomic E-state index is 11.7. The number of hydrogen-bond donors (Lipinski definition) is 3. The van der Waals surface area contributed by atoms with Gasteiger partial charge < -0.3 is 20.9 Å². The molecular weight excluding hydrogens is 465 g/mol. The number of benzene rings is 1. The Labute approximate surface area is 186 Å². The van der Waals surface area contributed by atoms with Crippen molar-refractivity contribution in [3.63, 3.8) is 0 Å². The summed E-state index contributed by atoms with van der Waals surface area (Å²) in [6.45, 7) is 5.20. The number of amides is 1. The van der Waals surface area contributed by atoms with E-state index in [1.54, 1.807) is 7.05 Å². The highest BCUT2D eigenvalue weighted by Gasteiger charge is 2.22. The Kier molecular flexibility index (Phi) is 9.34. The van der Waals surface area contributed by atoms with E-state index in [1.807, 2.05) is 0 Å². The van der Waals surface area contributed by atoms with E-state index < -0.39 is 0 Å². The summed E-state index contributed by atoms with van der Waals surface area (Å²) in [5, 5.41) is 9.78. The lowest BCUT2D eigenvalue weighted by Gasteiger charge is -2.22. The standard InChI is InChI=1S/C21H33N5O.HI/c1-16(17-7-5-8-19(15-17)26-13-3-4-14-26)24-21(22-2)23-12-6-9-20(27)25-18-10-11-18;/h5,7-8,15-16,18H,3-4,6,9-14H2,1-2H3,(H,25,27)(H2,22,23,24);1H. The first-order valence-corrected chi connectivity index (χ1v) is 10.3. The van der Waals surface area contributed by atoms with Gasteiger partial charge in [-0.1, -0.05) is 12.1 Å². The lowest BCUT2D eigenvalue weighted by Crippen LogP contribution is -2.39. The predicted octanol–water partition coefficient (Wildman–Crippen LogP) is 3.19. The van der Waals surface area contributed by atoms with Crippen molar-refractivity contribution in [1.82, 2.24) is 16.0 Å². The van der Waals surface area contributed by atoms with Crippen molar-refractivity contribution in [2.24, 2.45) is 4.99 Å². The summed E-state index contributed by atoms with van der Waals surface area (Å²) in [5.41, 5.74) is 2.56. The van der Waals surface area contributed by atoms with Gasteiger partial charge in [0.25, 0.3) is 0 Å². The van der Waals surface area contributed by atoms with Crippen molar-refractivity contribution in [3.8, 4) is 0 Å². The molecule has 7 heteroatoms. The summed E-state index contributed by atoms with van der Waals surface area (Å²) in [6.07, 6.45) is 6.21. The number of nitrogens with zero attached hydrogens (tertiary/aromatic N) is 2. The van der Waals surface area contributed by atoms with E-state index in [4.69, 9.17) is 0 Å². The van der Waals surface area contributed by atoms with Gasteiger partial charge in [-0.2, -0.15) is 0 Å². The second-order valence-electron chi connectivity index (χ2n) is 7.60. The summed E-state index contributed by atoms with van der Waals surface area (Å²) in [5.74, 6) is 0.936. The van der Waals surface area contributed by atoms with Crippen molar-refractivity contribution in [3.05, 3.63) is 29.8 Å². The number of nitrogens with one attached hydrogen (secondary N) is 3. The fourth-order valence-electron chi connectivity index (χ4n) is 3.43. The first kappa shape index (κ1) is 22.8. The Bertz CT molecular complexity index is 656. The van der Waals surface area contributed by atoms with Crippen LogP contribution < -0.4 is 20.9 Å². The molecule has 6 nitrogen and oxygen atoms in total. The molecule has 1 saturated carbocycles. The number of carbonyl (C=O) groups is 1. The van der Waals surface area contributed by atoms with Gasteiger partial charge in [-0.05, 0) is 56.7 Å². The van der Waals surface area contributed by atoms with Crippen LogP contribution in [0.2, 0.25) is 0 Å². The molecule has 0 bridgehead atoms. The first-order chi connectivity index (χ1) is 13.2. The molecule has 0 aromatic heterocycles. The molecule has 1 heterocycles. The quantitative estimate of drug-likeness (QED) is 0.223. The molecule has 1 aliphatic carbocycles. The molecular formula is C21H34IN5O. The number of anilines is 1. The summed E-state index contributed by atoms with van der Waals surface area (Å²) in [7, 11) is 1.78. The van der Waals surface area contributed by atoms with Gasteiger partial charge in [0, 0.05) is 44.8 Å². The molecule has 1 saturated heterocycles. The Morgan fingerprint density at radius 1 is 1.29 bits per heavy atom. The monoisotopic (exact) mass is 499 g/mol. The third-order valence-electron chi connectivity index (χ3n) is 5.23. The Morgan fingerprint density at radius 2 is 2.04 bits per heavy atom. The molecule has 1 unspecified atom stereocenters. The van der Waals surface area contributed by atoms with Crippen LogP contribution in [-0.2, 0) is 4.79 Å². The van der Waals surface area contributed by atoms with Crippen LogP contribution in [0.1, 0.15) is 57.1 Å². The minimum atomic E-state index is 0. The second kappa shape index (κ2) is 11.5. The van der Waals surface area contributed by atoms with E-state index in [0.29, 0.717) is 12.5 Å². The molecule has 1 aliphatic heterocycles. The Hall–Kier alpha value is -1.51. The summed E-state index contributed by atoms with van der Waals surface area (Å²) in [6, 6.07) is 9.37. The van der Waals surface area contributed by atoms with Crippen molar-refractivity contribution >= 4 is 41.5 Å². The zero-order valence-electron chi connectivity index (χ0n) is 17.0. The molecule has 1 atom stereocenters. The number of hydrogen-bond acceptors (Lipinski definition) is 3. The van der Waals surface area contributed by atoms with Crippen LogP contribution >= 0.6 is 24.0 Å². The number of carbonyl (C=O) groups excluding carboxylic acids is 1. The third-order valence-corrected chi connectivity index (χ3v) is 5.23. The van der Waals surface area contributed by atoms with E-state index >= 15 is 0 Å². The van der Waals surface area contributed by atoms with E-state index in [2.05, 4.69) is 57.0 Å². The van der Waals surface area contributed by atoms with Crippen LogP contribution in [0, 0.1) is 0 Å². The highest BCUT2D eigenvalue weighted by Crippen LogP contribution is 2.24. The van der Waals surface area contributed by atoms with Gasteiger partial charge in [-0.3, -0.25) is 9.79 Å². The molecule has 1 aromatic rings. The molecule has 28 heavy (non-hydrogen) atoms. The third kappa shape index (κ3) is 7.14. The van der Waals surface area contributed by atoms with Gasteiger partial charge >= 0.3 is 0 Å². The Morgan fingerprint density at radius 3 is 2.71 bits per heavy atom. The molecule has 156 valence electrons. The maximum absolute atomic E-state index is 11.7. The molecule has 0 spiro atoms. The van der Waals surface area contributed by atoms with E-state index in [0.717, 1.165) is 44.9 Å². The number of halogens is 1. The SMILES string of the molecule is CN=C(NCCCC(=O)NC1CC1)NC(C)c1cccc(N2CCCC2)c1.I. The number of rotatable bonds is 8. The van der Waals surface area contributed by atoms with E-state index in [-0.39, 0.29) is 35.9 Å². The second-order valence-corrected chi connectivity index (χ2v) is 7.60. The first-order valence-electron chi connectivity index (χ1n) is 10.3. The van der Waals surface area contributed by atoms with E-state index in [9.17, 15) is 4.79 Å². The fourth-order valence-corrected chi connectivity index (χ4v) is 3.43. The highest BCUT2D eigenvalue weighted by atomic mass is 127. The minimum absolute atomic E-state index is 0. The van der Waals surface area contributed by atoms with Crippen LogP contribution in [0.25, 0.3) is 0 Å². The minimum Gasteiger partial charge on any atom is -0.372 e. The van der Waals surface area contributed by atoms with Crippen LogP contribution in [-0.4, -0.2) is 44.6 Å². The summed E-state index contributed by atoms with van der Waals surface area (Å²) in [4.78, 5) is 18.5.